The van der Waals surface area contributed by atoms with Crippen LogP contribution in [-0.2, 0) is 0 Å². The van der Waals surface area contributed by atoms with Crippen molar-refractivity contribution in [2.24, 2.45) is 0 Å². The predicted molar refractivity (Wildman–Crippen MR) is 194 cm³/mol. The van der Waals surface area contributed by atoms with E-state index in [1.54, 1.807) is 0 Å². The standard InChI is InChI=1S/C11H21N.2C10H19N.C7H17N/c1-6-8-10-12(9-7-2)11(3,4)5;2*1-6-8-11(9-7-2)10(3,4)5;1-5-6-8-7(2,3)4/h7,9-10H2,1-5H3;2*1H,7-9H2,2-5H3;8H,5-6H2,1-4H3. The lowest BCUT2D eigenvalue weighted by molar-refractivity contribution is 0.157. The third kappa shape index (κ3) is 33.0. The molecular weight excluding hydrogens is 512 g/mol. The van der Waals surface area contributed by atoms with Gasteiger partial charge in [-0.1, -0.05) is 45.5 Å². The van der Waals surface area contributed by atoms with Gasteiger partial charge in [0.15, 0.2) is 0 Å². The van der Waals surface area contributed by atoms with Gasteiger partial charge in [0.05, 0.1) is 19.6 Å². The van der Waals surface area contributed by atoms with Crippen LogP contribution in [0.3, 0.4) is 0 Å². The molecule has 248 valence electrons. The Morgan fingerprint density at radius 3 is 1.00 bits per heavy atom. The summed E-state index contributed by atoms with van der Waals surface area (Å²) in [6.07, 6.45) is 15.3. The molecule has 0 atom stereocenters. The lowest BCUT2D eigenvalue weighted by atomic mass is 10.1. The minimum absolute atomic E-state index is 0.211. The van der Waals surface area contributed by atoms with Gasteiger partial charge in [-0.2, -0.15) is 0 Å². The molecule has 4 nitrogen and oxygen atoms in total. The average molecular weight is 589 g/mol. The molecule has 0 aromatic carbocycles. The quantitative estimate of drug-likeness (QED) is 0.244. The lowest BCUT2D eigenvalue weighted by Gasteiger charge is -2.33. The Bertz CT molecular complexity index is 710. The summed E-state index contributed by atoms with van der Waals surface area (Å²) in [5, 5.41) is 3.37. The summed E-state index contributed by atoms with van der Waals surface area (Å²) in [5.41, 5.74) is 0.973. The van der Waals surface area contributed by atoms with E-state index in [0.29, 0.717) is 5.54 Å². The molecule has 0 aromatic heterocycles. The summed E-state index contributed by atoms with van der Waals surface area (Å²) in [4.78, 5) is 7.03. The Morgan fingerprint density at radius 1 is 0.524 bits per heavy atom. The predicted octanol–water partition coefficient (Wildman–Crippen LogP) is 8.56. The molecule has 0 aliphatic rings. The number of nitrogens with zero attached hydrogens (tertiary/aromatic N) is 3. The van der Waals surface area contributed by atoms with Crippen LogP contribution in [0.25, 0.3) is 0 Å². The SMILES string of the molecule is C#CCN(CCC)C(C)(C)C.C#CCN(CCC)C(C)(C)C.CC#CCN(CCC)C(C)(C)C.CCCNC(C)(C)C. The molecule has 0 unspecified atom stereocenters. The summed E-state index contributed by atoms with van der Waals surface area (Å²) >= 11 is 0. The minimum atomic E-state index is 0.211. The van der Waals surface area contributed by atoms with Gasteiger partial charge in [0.2, 0.25) is 0 Å². The van der Waals surface area contributed by atoms with Crippen LogP contribution in [0.5, 0.6) is 0 Å². The molecule has 0 radical (unpaired) electrons. The van der Waals surface area contributed by atoms with Crippen LogP contribution in [-0.4, -0.2) is 82.7 Å². The highest BCUT2D eigenvalue weighted by atomic mass is 15.2. The van der Waals surface area contributed by atoms with Crippen LogP contribution in [0, 0.1) is 36.5 Å². The molecule has 0 amide bonds. The van der Waals surface area contributed by atoms with Crippen LogP contribution in [0.1, 0.15) is 143 Å². The average Bonchev–Trinajstić information content (AvgIpc) is 2.84. The van der Waals surface area contributed by atoms with Crippen molar-refractivity contribution >= 4 is 0 Å². The molecular formula is C38H76N4. The highest BCUT2D eigenvalue weighted by Gasteiger charge is 2.20. The van der Waals surface area contributed by atoms with Crippen LogP contribution in [0.4, 0.5) is 0 Å². The summed E-state index contributed by atoms with van der Waals surface area (Å²) in [7, 11) is 0. The minimum Gasteiger partial charge on any atom is -0.312 e. The highest BCUT2D eigenvalue weighted by Crippen LogP contribution is 2.14. The van der Waals surface area contributed by atoms with Crippen LogP contribution in [0.15, 0.2) is 0 Å². The lowest BCUT2D eigenvalue weighted by Crippen LogP contribution is -2.42. The Labute approximate surface area is 267 Å². The van der Waals surface area contributed by atoms with Crippen molar-refractivity contribution in [1.82, 2.24) is 20.0 Å². The normalized spacial score (nSPS) is 11.6. The number of terminal acetylenes is 2. The fourth-order valence-corrected chi connectivity index (χ4v) is 3.66. The third-order valence-electron chi connectivity index (χ3n) is 6.24. The van der Waals surface area contributed by atoms with E-state index < -0.39 is 0 Å². The number of hydrogen-bond donors (Lipinski definition) is 1. The summed E-state index contributed by atoms with van der Waals surface area (Å²) < 4.78 is 0. The van der Waals surface area contributed by atoms with E-state index >= 15 is 0 Å². The maximum Gasteiger partial charge on any atom is 0.0605 e. The van der Waals surface area contributed by atoms with Crippen molar-refractivity contribution in [3.8, 4) is 36.5 Å². The molecule has 0 spiro atoms. The van der Waals surface area contributed by atoms with Gasteiger partial charge in [0.1, 0.15) is 0 Å². The molecule has 0 fully saturated rings. The Hall–Kier alpha value is -1.48. The van der Waals surface area contributed by atoms with Gasteiger partial charge in [-0.3, -0.25) is 14.7 Å². The van der Waals surface area contributed by atoms with Crippen molar-refractivity contribution in [2.45, 2.75) is 166 Å². The smallest absolute Gasteiger partial charge is 0.0605 e. The Kier molecular flexibility index (Phi) is 29.3. The van der Waals surface area contributed by atoms with Gasteiger partial charge in [-0.05, 0) is 142 Å². The fourth-order valence-electron chi connectivity index (χ4n) is 3.66. The van der Waals surface area contributed by atoms with Crippen molar-refractivity contribution in [3.63, 3.8) is 0 Å². The first-order valence-corrected chi connectivity index (χ1v) is 16.4. The highest BCUT2D eigenvalue weighted by molar-refractivity contribution is 4.99. The summed E-state index contributed by atoms with van der Waals surface area (Å²) in [6.45, 7) is 43.9. The number of rotatable bonds is 11. The number of hydrogen-bond acceptors (Lipinski definition) is 4. The van der Waals surface area contributed by atoms with Gasteiger partial charge in [-0.25, -0.2) is 0 Å². The first kappa shape index (κ1) is 47.5. The topological polar surface area (TPSA) is 21.8 Å². The molecule has 0 saturated carbocycles. The van der Waals surface area contributed by atoms with E-state index in [1.807, 2.05) is 6.92 Å². The second-order valence-electron chi connectivity index (χ2n) is 14.8. The van der Waals surface area contributed by atoms with E-state index in [1.165, 1.54) is 25.7 Å². The molecule has 4 heteroatoms. The number of nitrogens with one attached hydrogen (secondary N) is 1. The molecule has 0 heterocycles. The van der Waals surface area contributed by atoms with Crippen molar-refractivity contribution < 1.29 is 0 Å². The molecule has 0 saturated heterocycles. The van der Waals surface area contributed by atoms with Crippen molar-refractivity contribution in [2.75, 3.05) is 45.8 Å². The van der Waals surface area contributed by atoms with Gasteiger partial charge in [0, 0.05) is 22.2 Å². The van der Waals surface area contributed by atoms with Crippen LogP contribution >= 0.6 is 0 Å². The van der Waals surface area contributed by atoms with Gasteiger partial charge < -0.3 is 5.32 Å². The van der Waals surface area contributed by atoms with Crippen molar-refractivity contribution in [1.29, 1.82) is 0 Å². The third-order valence-corrected chi connectivity index (χ3v) is 6.24. The zero-order valence-corrected chi connectivity index (χ0v) is 31.8. The van der Waals surface area contributed by atoms with E-state index in [4.69, 9.17) is 12.8 Å². The van der Waals surface area contributed by atoms with Crippen molar-refractivity contribution in [3.05, 3.63) is 0 Å². The van der Waals surface area contributed by atoms with Gasteiger partial charge in [-0.15, -0.1) is 18.8 Å². The van der Waals surface area contributed by atoms with E-state index in [2.05, 4.69) is 154 Å². The largest absolute Gasteiger partial charge is 0.312 e. The second kappa shape index (κ2) is 26.0. The van der Waals surface area contributed by atoms with Gasteiger partial charge in [0.25, 0.3) is 0 Å². The molecule has 0 rings (SSSR count). The molecule has 42 heavy (non-hydrogen) atoms. The summed E-state index contributed by atoms with van der Waals surface area (Å²) in [6, 6.07) is 0. The van der Waals surface area contributed by atoms with Gasteiger partial charge >= 0.3 is 0 Å². The maximum absolute atomic E-state index is 5.26. The maximum atomic E-state index is 5.26. The van der Waals surface area contributed by atoms with E-state index in [9.17, 15) is 0 Å². The molecule has 1 N–H and O–H groups in total. The molecule has 0 bridgehead atoms. The first-order chi connectivity index (χ1) is 19.1. The molecule has 0 aromatic rings. The van der Waals surface area contributed by atoms with E-state index in [-0.39, 0.29) is 16.6 Å². The monoisotopic (exact) mass is 589 g/mol. The summed E-state index contributed by atoms with van der Waals surface area (Å²) in [5.74, 6) is 11.4. The zero-order valence-electron chi connectivity index (χ0n) is 31.8. The Balaban J connectivity index is -0.000000231. The zero-order chi connectivity index (χ0) is 34.0. The van der Waals surface area contributed by atoms with Crippen LogP contribution < -0.4 is 5.32 Å². The van der Waals surface area contributed by atoms with E-state index in [0.717, 1.165) is 45.8 Å². The molecule has 0 aliphatic carbocycles. The Morgan fingerprint density at radius 2 is 0.833 bits per heavy atom. The first-order valence-electron chi connectivity index (χ1n) is 16.4. The molecule has 0 aliphatic heterocycles. The second-order valence-corrected chi connectivity index (χ2v) is 14.8. The fraction of sp³-hybridized carbons (Fsp3) is 0.842. The van der Waals surface area contributed by atoms with Crippen LogP contribution in [0.2, 0.25) is 0 Å².